The quantitative estimate of drug-likeness (QED) is 0.729. The average Bonchev–Trinajstić information content (AvgIpc) is 2.95. The number of fused-ring (bicyclic) bond motifs is 1. The molecule has 0 bridgehead atoms. The van der Waals surface area contributed by atoms with Crippen molar-refractivity contribution in [3.05, 3.63) is 47.6 Å². The topological polar surface area (TPSA) is 17.8 Å². The van der Waals surface area contributed by atoms with Crippen LogP contribution >= 0.6 is 0 Å². The number of hydrogen-bond donors (Lipinski definition) is 0. The van der Waals surface area contributed by atoms with Crippen LogP contribution in [0, 0.1) is 5.92 Å². The normalized spacial score (nSPS) is 24.0. The molecule has 2 nitrogen and oxygen atoms in total. The Bertz CT molecular complexity index is 698. The van der Waals surface area contributed by atoms with Crippen molar-refractivity contribution in [1.29, 1.82) is 0 Å². The van der Waals surface area contributed by atoms with Gasteiger partial charge in [0.2, 0.25) is 0 Å². The van der Waals surface area contributed by atoms with Crippen molar-refractivity contribution >= 4 is 17.3 Å². The molecule has 1 heterocycles. The summed E-state index contributed by atoms with van der Waals surface area (Å²) >= 11 is 0. The van der Waals surface area contributed by atoms with E-state index in [-0.39, 0.29) is 0 Å². The maximum Gasteiger partial charge on any atom is 0.140 e. The number of allylic oxidation sites excluding steroid dienone is 7. The Labute approximate surface area is 132 Å². The summed E-state index contributed by atoms with van der Waals surface area (Å²) in [7, 11) is 0. The maximum atomic E-state index is 5.07. The first-order valence-electron chi connectivity index (χ1n) is 8.68. The number of nitrogens with zero attached hydrogens (tertiary/aromatic N) is 2. The van der Waals surface area contributed by atoms with Gasteiger partial charge in [0.25, 0.3) is 0 Å². The molecule has 3 aliphatic carbocycles. The molecule has 0 N–H and O–H groups in total. The third kappa shape index (κ3) is 2.41. The van der Waals surface area contributed by atoms with Gasteiger partial charge in [0.05, 0.1) is 11.4 Å². The Morgan fingerprint density at radius 2 is 2.14 bits per heavy atom. The summed E-state index contributed by atoms with van der Waals surface area (Å²) in [5.74, 6) is 1.80. The first-order chi connectivity index (χ1) is 10.8. The molecule has 1 atom stereocenters. The van der Waals surface area contributed by atoms with Crippen LogP contribution in [0.4, 0.5) is 0 Å². The summed E-state index contributed by atoms with van der Waals surface area (Å²) < 4.78 is 2.46. The van der Waals surface area contributed by atoms with Crippen LogP contribution in [0.3, 0.4) is 0 Å². The van der Waals surface area contributed by atoms with Gasteiger partial charge in [-0.2, -0.15) is 0 Å². The van der Waals surface area contributed by atoms with Crippen molar-refractivity contribution in [1.82, 2.24) is 9.55 Å². The zero-order valence-corrected chi connectivity index (χ0v) is 13.4. The second kappa shape index (κ2) is 5.75. The highest BCUT2D eigenvalue weighted by atomic mass is 15.1. The molecule has 0 saturated carbocycles. The third-order valence-electron chi connectivity index (χ3n) is 4.94. The molecule has 114 valence electrons. The van der Waals surface area contributed by atoms with Crippen molar-refractivity contribution in [3.8, 4) is 0 Å². The highest BCUT2D eigenvalue weighted by Crippen LogP contribution is 2.34. The fourth-order valence-electron chi connectivity index (χ4n) is 3.75. The van der Waals surface area contributed by atoms with Gasteiger partial charge in [0.1, 0.15) is 5.82 Å². The fraction of sp³-hybridized carbons (Fsp3) is 0.450. The van der Waals surface area contributed by atoms with E-state index in [1.807, 2.05) is 0 Å². The molecule has 3 aliphatic rings. The largest absolute Gasteiger partial charge is 0.297 e. The molecule has 0 radical (unpaired) electrons. The lowest BCUT2D eigenvalue weighted by Gasteiger charge is -2.20. The van der Waals surface area contributed by atoms with E-state index in [9.17, 15) is 0 Å². The van der Waals surface area contributed by atoms with E-state index in [2.05, 4.69) is 47.9 Å². The van der Waals surface area contributed by atoms with Crippen LogP contribution in [-0.4, -0.2) is 9.55 Å². The van der Waals surface area contributed by atoms with Crippen LogP contribution in [0.25, 0.3) is 17.3 Å². The standard InChI is InChI=1S/C20H24N2/c1-15-12-13-19-18(14-15)21-20(16-8-4-2-5-9-16)22(19)17-10-6-3-7-11-17/h2,4,8,10,12-13,15H,3,5-7,9,11,14H2,1H3. The van der Waals surface area contributed by atoms with Gasteiger partial charge in [-0.3, -0.25) is 4.57 Å². The van der Waals surface area contributed by atoms with E-state index < -0.39 is 0 Å². The fourth-order valence-corrected chi connectivity index (χ4v) is 3.75. The molecule has 1 aromatic heterocycles. The SMILES string of the molecule is CC1C=Cc2c(nc(C3=CC=CCC3)n2C2=CCCCC2)C1. The van der Waals surface area contributed by atoms with Crippen LogP contribution in [-0.2, 0) is 6.42 Å². The number of rotatable bonds is 2. The predicted octanol–water partition coefficient (Wildman–Crippen LogP) is 5.24. The van der Waals surface area contributed by atoms with Crippen LogP contribution in [0.1, 0.15) is 62.7 Å². The lowest BCUT2D eigenvalue weighted by Crippen LogP contribution is -2.09. The Balaban J connectivity index is 1.87. The maximum absolute atomic E-state index is 5.07. The summed E-state index contributed by atoms with van der Waals surface area (Å²) in [6, 6.07) is 0. The van der Waals surface area contributed by atoms with Crippen LogP contribution in [0.15, 0.2) is 30.4 Å². The molecule has 4 rings (SSSR count). The van der Waals surface area contributed by atoms with Crippen LogP contribution in [0.5, 0.6) is 0 Å². The first kappa shape index (κ1) is 13.8. The molecule has 0 aliphatic heterocycles. The monoisotopic (exact) mass is 292 g/mol. The molecule has 22 heavy (non-hydrogen) atoms. The molecule has 1 aromatic rings. The lowest BCUT2D eigenvalue weighted by molar-refractivity contribution is 0.697. The Hall–Kier alpha value is -1.83. The number of aromatic nitrogens is 2. The van der Waals surface area contributed by atoms with Crippen molar-refractivity contribution in [2.24, 2.45) is 5.92 Å². The van der Waals surface area contributed by atoms with E-state index in [4.69, 9.17) is 4.98 Å². The second-order valence-corrected chi connectivity index (χ2v) is 6.74. The van der Waals surface area contributed by atoms with E-state index in [0.29, 0.717) is 5.92 Å². The molecule has 0 amide bonds. The lowest BCUT2D eigenvalue weighted by atomic mass is 9.97. The highest BCUT2D eigenvalue weighted by molar-refractivity contribution is 5.71. The van der Waals surface area contributed by atoms with Gasteiger partial charge in [-0.25, -0.2) is 4.98 Å². The van der Waals surface area contributed by atoms with Gasteiger partial charge in [0.15, 0.2) is 0 Å². The summed E-state index contributed by atoms with van der Waals surface area (Å²) in [6.45, 7) is 2.28. The molecular formula is C20H24N2. The summed E-state index contributed by atoms with van der Waals surface area (Å²) in [4.78, 5) is 5.07. The van der Waals surface area contributed by atoms with Gasteiger partial charge < -0.3 is 0 Å². The summed E-state index contributed by atoms with van der Waals surface area (Å²) in [5.41, 5.74) is 5.47. The van der Waals surface area contributed by atoms with Crippen molar-refractivity contribution in [2.75, 3.05) is 0 Å². The van der Waals surface area contributed by atoms with E-state index in [1.165, 1.54) is 54.2 Å². The molecule has 0 fully saturated rings. The van der Waals surface area contributed by atoms with E-state index in [1.54, 1.807) is 0 Å². The zero-order valence-electron chi connectivity index (χ0n) is 13.4. The minimum absolute atomic E-state index is 0.601. The predicted molar refractivity (Wildman–Crippen MR) is 93.2 cm³/mol. The smallest absolute Gasteiger partial charge is 0.140 e. The van der Waals surface area contributed by atoms with Gasteiger partial charge >= 0.3 is 0 Å². The zero-order chi connectivity index (χ0) is 14.9. The van der Waals surface area contributed by atoms with Crippen molar-refractivity contribution < 1.29 is 0 Å². The van der Waals surface area contributed by atoms with Crippen LogP contribution in [0.2, 0.25) is 0 Å². The van der Waals surface area contributed by atoms with Crippen LogP contribution < -0.4 is 0 Å². The van der Waals surface area contributed by atoms with Gasteiger partial charge in [-0.1, -0.05) is 37.3 Å². The Kier molecular flexibility index (Phi) is 3.61. The van der Waals surface area contributed by atoms with E-state index in [0.717, 1.165) is 19.3 Å². The minimum atomic E-state index is 0.601. The second-order valence-electron chi connectivity index (χ2n) is 6.74. The molecule has 1 unspecified atom stereocenters. The van der Waals surface area contributed by atoms with Gasteiger partial charge in [0, 0.05) is 5.70 Å². The number of imidazole rings is 1. The highest BCUT2D eigenvalue weighted by Gasteiger charge is 2.24. The average molecular weight is 292 g/mol. The molecule has 0 aromatic carbocycles. The summed E-state index contributed by atoms with van der Waals surface area (Å²) in [5, 5.41) is 0. The minimum Gasteiger partial charge on any atom is -0.297 e. The van der Waals surface area contributed by atoms with Gasteiger partial charge in [-0.15, -0.1) is 0 Å². The summed E-state index contributed by atoms with van der Waals surface area (Å²) in [6.07, 6.45) is 22.1. The van der Waals surface area contributed by atoms with Crippen molar-refractivity contribution in [2.45, 2.75) is 51.9 Å². The molecule has 0 saturated heterocycles. The first-order valence-corrected chi connectivity index (χ1v) is 8.68. The van der Waals surface area contributed by atoms with E-state index >= 15 is 0 Å². The van der Waals surface area contributed by atoms with Gasteiger partial charge in [-0.05, 0) is 62.5 Å². The van der Waals surface area contributed by atoms with Crippen molar-refractivity contribution in [3.63, 3.8) is 0 Å². The molecular weight excluding hydrogens is 268 g/mol. The number of hydrogen-bond acceptors (Lipinski definition) is 1. The Morgan fingerprint density at radius 3 is 2.91 bits per heavy atom. The molecule has 2 heteroatoms. The Morgan fingerprint density at radius 1 is 1.18 bits per heavy atom. The third-order valence-corrected chi connectivity index (χ3v) is 4.94. The molecule has 0 spiro atoms.